The fraction of sp³-hybridized carbons (Fsp3) is 0.660. The molecule has 12 atom stereocenters. The molecule has 1 N–H and O–H groups in total. The van der Waals surface area contributed by atoms with Crippen molar-refractivity contribution in [3.05, 3.63) is 83.9 Å². The van der Waals surface area contributed by atoms with Crippen LogP contribution in [0.4, 0.5) is 0 Å². The highest BCUT2D eigenvalue weighted by molar-refractivity contribution is 5.92. The Hall–Kier alpha value is -3.49. The molecule has 2 aromatic rings. The van der Waals surface area contributed by atoms with E-state index in [-0.39, 0.29) is 62.5 Å². The van der Waals surface area contributed by atoms with Crippen LogP contribution in [-0.2, 0) is 56.0 Å². The Bertz CT molecular complexity index is 1930. The Morgan fingerprint density at radius 1 is 0.758 bits per heavy atom. The van der Waals surface area contributed by atoms with Crippen molar-refractivity contribution in [1.82, 2.24) is 9.80 Å². The largest absolute Gasteiger partial charge is 0.390 e. The van der Waals surface area contributed by atoms with E-state index < -0.39 is 59.3 Å². The molecule has 342 valence electrons. The summed E-state index contributed by atoms with van der Waals surface area (Å²) in [5.41, 5.74) is -2.35. The van der Waals surface area contributed by atoms with Gasteiger partial charge < -0.3 is 43.2 Å². The molecule has 0 radical (unpaired) electrons. The van der Waals surface area contributed by atoms with Crippen LogP contribution in [0.5, 0.6) is 0 Å². The molecule has 1 aliphatic carbocycles. The van der Waals surface area contributed by atoms with E-state index in [0.717, 1.165) is 36.7 Å². The van der Waals surface area contributed by atoms with E-state index in [4.69, 9.17) is 28.4 Å². The van der Waals surface area contributed by atoms with Crippen molar-refractivity contribution in [2.45, 2.75) is 169 Å². The number of aliphatic hydroxyl groups excluding tert-OH is 1. The van der Waals surface area contributed by atoms with Gasteiger partial charge in [0.1, 0.15) is 29.2 Å². The van der Waals surface area contributed by atoms with Crippen molar-refractivity contribution < 1.29 is 47.9 Å². The molecular formula is C50H72N2O10. The second kappa shape index (κ2) is 17.5. The van der Waals surface area contributed by atoms with Gasteiger partial charge in [0, 0.05) is 29.6 Å². The van der Waals surface area contributed by atoms with Gasteiger partial charge in [-0.3, -0.25) is 14.5 Å². The van der Waals surface area contributed by atoms with Gasteiger partial charge in [-0.2, -0.15) is 0 Å². The highest BCUT2D eigenvalue weighted by Crippen LogP contribution is 2.61. The number of nitrogens with zero attached hydrogens (tertiary/aromatic N) is 2. The SMILES string of the molecule is C.C.CC(C)(C)[C@@H]1OC[C@]2(C=O)N1C(=O)[C@@H]1CC(OCc3ccccc3)O[C@@]12C.CC(C)(C)[C@@H]1OC[C@]2([C@H](O)[C@@H]3C=CCCC3)N1C(=O)[C@@H]1CC(OCc3ccccc3)O[C@@]12C. The third-order valence-corrected chi connectivity index (χ3v) is 14.4. The number of fused-ring (bicyclic) bond motifs is 6. The number of allylic oxidation sites excluding steroid dienone is 1. The molecule has 6 heterocycles. The zero-order valence-electron chi connectivity index (χ0n) is 36.5. The number of amides is 2. The van der Waals surface area contributed by atoms with Crippen molar-refractivity contribution in [3.63, 3.8) is 0 Å². The first-order chi connectivity index (χ1) is 28.4. The predicted octanol–water partition coefficient (Wildman–Crippen LogP) is 7.80. The van der Waals surface area contributed by atoms with Gasteiger partial charge in [0.25, 0.3) is 0 Å². The number of ether oxygens (including phenoxy) is 6. The van der Waals surface area contributed by atoms with Gasteiger partial charge in [-0.05, 0) is 44.2 Å². The van der Waals surface area contributed by atoms with Crippen LogP contribution in [0.15, 0.2) is 72.8 Å². The normalized spacial score (nSPS) is 37.4. The first-order valence-electron chi connectivity index (χ1n) is 21.8. The van der Waals surface area contributed by atoms with E-state index in [1.807, 2.05) is 100 Å². The molecule has 6 fully saturated rings. The van der Waals surface area contributed by atoms with E-state index in [2.05, 4.69) is 32.9 Å². The van der Waals surface area contributed by atoms with Crippen molar-refractivity contribution >= 4 is 18.1 Å². The average Bonchev–Trinajstić information content (AvgIpc) is 4.05. The van der Waals surface area contributed by atoms with Crippen LogP contribution in [0.25, 0.3) is 0 Å². The summed E-state index contributed by atoms with van der Waals surface area (Å²) in [6.45, 7) is 17.4. The lowest BCUT2D eigenvalue weighted by Gasteiger charge is -2.48. The van der Waals surface area contributed by atoms with Gasteiger partial charge in [-0.25, -0.2) is 0 Å². The van der Waals surface area contributed by atoms with Crippen LogP contribution in [0, 0.1) is 28.6 Å². The fourth-order valence-corrected chi connectivity index (χ4v) is 11.2. The van der Waals surface area contributed by atoms with E-state index in [1.54, 1.807) is 4.90 Å². The topological polar surface area (TPSA) is 133 Å². The minimum Gasteiger partial charge on any atom is -0.390 e. The molecule has 12 nitrogen and oxygen atoms in total. The number of rotatable bonds is 9. The third kappa shape index (κ3) is 7.59. The molecule has 2 amide bonds. The van der Waals surface area contributed by atoms with Gasteiger partial charge in [-0.1, -0.05) is 129 Å². The van der Waals surface area contributed by atoms with Crippen LogP contribution in [-0.4, -0.2) is 99.6 Å². The fourth-order valence-electron chi connectivity index (χ4n) is 11.2. The molecule has 0 aromatic heterocycles. The van der Waals surface area contributed by atoms with Crippen molar-refractivity contribution in [1.29, 1.82) is 0 Å². The van der Waals surface area contributed by atoms with Crippen molar-refractivity contribution in [2.75, 3.05) is 13.2 Å². The second-order valence-electron chi connectivity index (χ2n) is 20.4. The Balaban J connectivity index is 0.000000204. The summed E-state index contributed by atoms with van der Waals surface area (Å²) < 4.78 is 37.1. The Morgan fingerprint density at radius 2 is 1.24 bits per heavy atom. The summed E-state index contributed by atoms with van der Waals surface area (Å²) in [6.07, 6.45) is 6.39. The highest BCUT2D eigenvalue weighted by Gasteiger charge is 2.78. The standard InChI is InChI=1S/C27H37NO5.C21H27NO5.2CH4/c1-25(2,3)24-28-23(30)20-15-21(31-16-18-11-7-5-8-12-18)33-26(20,4)27(28,17-32-24)22(29)19-13-9-6-10-14-19;1-19(2,3)18-22-17(24)15-10-16(25-11-14-8-6-5-7-9-14)27-20(15,4)21(22,12-23)13-26-18;;/h5,7-9,11-13,19-22,24,29H,6,10,14-17H2,1-4H3;5-9,12,15-16,18H,10-11,13H2,1-4H3;2*1H4/t19-,20+,21?,22-,24+,26+,27-;15-,16?,18-,20-,21-;;/m10../s1. The maximum Gasteiger partial charge on any atom is 0.231 e. The molecule has 0 saturated carbocycles. The summed E-state index contributed by atoms with van der Waals surface area (Å²) in [5, 5.41) is 11.9. The lowest BCUT2D eigenvalue weighted by atomic mass is 9.69. The summed E-state index contributed by atoms with van der Waals surface area (Å²) in [5.74, 6) is -0.862. The zero-order valence-corrected chi connectivity index (χ0v) is 36.5. The number of aldehydes is 1. The molecule has 6 saturated heterocycles. The Labute approximate surface area is 369 Å². The molecule has 2 unspecified atom stereocenters. The highest BCUT2D eigenvalue weighted by atomic mass is 16.7. The van der Waals surface area contributed by atoms with Gasteiger partial charge in [0.2, 0.25) is 11.8 Å². The molecular weight excluding hydrogens is 789 g/mol. The molecule has 2 aromatic carbocycles. The minimum absolute atomic E-state index is 0. The smallest absolute Gasteiger partial charge is 0.231 e. The molecule has 12 heteroatoms. The van der Waals surface area contributed by atoms with E-state index in [0.29, 0.717) is 26.1 Å². The number of benzene rings is 2. The first kappa shape index (κ1) is 48.0. The van der Waals surface area contributed by atoms with E-state index in [9.17, 15) is 19.5 Å². The molecule has 6 aliphatic heterocycles. The van der Waals surface area contributed by atoms with E-state index in [1.165, 1.54) is 0 Å². The average molecular weight is 861 g/mol. The number of carbonyl (C=O) groups excluding carboxylic acids is 3. The van der Waals surface area contributed by atoms with Gasteiger partial charge in [0.05, 0.1) is 44.4 Å². The molecule has 7 aliphatic rings. The Kier molecular flexibility index (Phi) is 13.5. The van der Waals surface area contributed by atoms with Gasteiger partial charge in [-0.15, -0.1) is 0 Å². The number of hydrogen-bond acceptors (Lipinski definition) is 10. The number of hydrogen-bond donors (Lipinski definition) is 1. The summed E-state index contributed by atoms with van der Waals surface area (Å²) in [4.78, 5) is 43.0. The molecule has 0 spiro atoms. The van der Waals surface area contributed by atoms with Crippen LogP contribution in [0.2, 0.25) is 0 Å². The van der Waals surface area contributed by atoms with Crippen LogP contribution < -0.4 is 0 Å². The monoisotopic (exact) mass is 861 g/mol. The Morgan fingerprint density at radius 3 is 1.74 bits per heavy atom. The number of carbonyl (C=O) groups is 3. The lowest BCUT2D eigenvalue weighted by Crippen LogP contribution is -2.67. The molecule has 9 rings (SSSR count). The van der Waals surface area contributed by atoms with Crippen LogP contribution in [0.3, 0.4) is 0 Å². The quantitative estimate of drug-likeness (QED) is 0.197. The zero-order chi connectivity index (χ0) is 42.9. The summed E-state index contributed by atoms with van der Waals surface area (Å²) in [6, 6.07) is 19.8. The van der Waals surface area contributed by atoms with E-state index >= 15 is 0 Å². The molecule has 62 heavy (non-hydrogen) atoms. The lowest BCUT2D eigenvalue weighted by molar-refractivity contribution is -0.216. The predicted molar refractivity (Wildman–Crippen MR) is 235 cm³/mol. The second-order valence-corrected chi connectivity index (χ2v) is 20.4. The maximum atomic E-state index is 13.9. The van der Waals surface area contributed by atoms with Crippen molar-refractivity contribution in [3.8, 4) is 0 Å². The third-order valence-electron chi connectivity index (χ3n) is 14.4. The van der Waals surface area contributed by atoms with Crippen molar-refractivity contribution in [2.24, 2.45) is 28.6 Å². The summed E-state index contributed by atoms with van der Waals surface area (Å²) >= 11 is 0. The van der Waals surface area contributed by atoms with Gasteiger partial charge in [0.15, 0.2) is 24.4 Å². The molecule has 0 bridgehead atoms. The van der Waals surface area contributed by atoms with Crippen LogP contribution >= 0.6 is 0 Å². The van der Waals surface area contributed by atoms with Crippen LogP contribution in [0.1, 0.15) is 113 Å². The minimum atomic E-state index is -1.10. The first-order valence-corrected chi connectivity index (χ1v) is 21.8. The van der Waals surface area contributed by atoms with Gasteiger partial charge >= 0.3 is 0 Å². The number of aliphatic hydroxyl groups is 1. The summed E-state index contributed by atoms with van der Waals surface area (Å²) in [7, 11) is 0. The maximum absolute atomic E-state index is 13.9.